The van der Waals surface area contributed by atoms with Crippen LogP contribution in [-0.2, 0) is 25.8 Å². The molecule has 3 unspecified atom stereocenters. The van der Waals surface area contributed by atoms with Crippen LogP contribution in [0, 0.1) is 17.5 Å². The summed E-state index contributed by atoms with van der Waals surface area (Å²) in [5.74, 6) is 5.03. The fraction of sp³-hybridized carbons (Fsp3) is 0.209. The minimum Gasteiger partial charge on any atom is -0.497 e. The number of hydrogen-bond donors (Lipinski definition) is 1. The molecular formula is C91H79F3N16O6. The smallest absolute Gasteiger partial charge is 0.316 e. The number of benzene rings is 7. The van der Waals surface area contributed by atoms with Crippen molar-refractivity contribution in [2.45, 2.75) is 83.5 Å². The zero-order valence-electron chi connectivity index (χ0n) is 63.8. The third-order valence-electron chi connectivity index (χ3n) is 20.5. The van der Waals surface area contributed by atoms with Gasteiger partial charge in [0.05, 0.1) is 106 Å². The maximum absolute atomic E-state index is 13.8. The molecule has 25 heteroatoms. The molecule has 7 aromatic carbocycles. The number of anilines is 1. The van der Waals surface area contributed by atoms with Crippen LogP contribution in [0.5, 0.6) is 35.4 Å². The van der Waals surface area contributed by atoms with Gasteiger partial charge in [-0.25, -0.2) is 63.0 Å². The fourth-order valence-electron chi connectivity index (χ4n) is 14.9. The van der Waals surface area contributed by atoms with E-state index in [0.29, 0.717) is 86.6 Å². The number of rotatable bonds is 24. The second-order valence-corrected chi connectivity index (χ2v) is 28.0. The molecule has 3 aliphatic heterocycles. The predicted molar refractivity (Wildman–Crippen MR) is 437 cm³/mol. The van der Waals surface area contributed by atoms with E-state index in [-0.39, 0.29) is 35.6 Å². The Morgan fingerprint density at radius 3 is 1.15 bits per heavy atom. The molecule has 0 bridgehead atoms. The van der Waals surface area contributed by atoms with Gasteiger partial charge in [-0.05, 0) is 178 Å². The first-order valence-electron chi connectivity index (χ1n) is 38.7. The number of nitrogens with zero attached hydrogens (tertiary/aromatic N) is 15. The Kier molecular flexibility index (Phi) is 22.0. The van der Waals surface area contributed by atoms with Crippen LogP contribution < -0.4 is 33.7 Å². The minimum absolute atomic E-state index is 0.0191. The zero-order chi connectivity index (χ0) is 78.9. The van der Waals surface area contributed by atoms with E-state index >= 15 is 0 Å². The van der Waals surface area contributed by atoms with Gasteiger partial charge >= 0.3 is 12.0 Å². The molecule has 19 rings (SSSR count). The van der Waals surface area contributed by atoms with Gasteiger partial charge in [-0.3, -0.25) is 0 Å². The van der Waals surface area contributed by atoms with Gasteiger partial charge < -0.3 is 47.4 Å². The number of methoxy groups -OCH3 is 1. The Hall–Kier alpha value is -14.0. The summed E-state index contributed by atoms with van der Waals surface area (Å²) >= 11 is 0. The van der Waals surface area contributed by atoms with Crippen molar-refractivity contribution in [3.05, 3.63) is 284 Å². The van der Waals surface area contributed by atoms with Crippen molar-refractivity contribution in [1.29, 1.82) is 0 Å². The van der Waals surface area contributed by atoms with Crippen molar-refractivity contribution in [3.63, 3.8) is 0 Å². The Morgan fingerprint density at radius 2 is 0.759 bits per heavy atom. The van der Waals surface area contributed by atoms with E-state index in [0.717, 1.165) is 163 Å². The van der Waals surface area contributed by atoms with Crippen LogP contribution in [-0.4, -0.2) is 114 Å². The summed E-state index contributed by atoms with van der Waals surface area (Å²) in [6.45, 7) is 6.79. The Morgan fingerprint density at radius 1 is 0.379 bits per heavy atom. The van der Waals surface area contributed by atoms with E-state index in [1.165, 1.54) is 36.4 Å². The maximum Gasteiger partial charge on any atom is 0.316 e. The van der Waals surface area contributed by atoms with Gasteiger partial charge in [-0.15, -0.1) is 0 Å². The highest BCUT2D eigenvalue weighted by atomic mass is 19.1. The van der Waals surface area contributed by atoms with E-state index in [1.807, 2.05) is 166 Å². The van der Waals surface area contributed by atoms with Crippen LogP contribution in [0.25, 0.3) is 101 Å². The van der Waals surface area contributed by atoms with Gasteiger partial charge in [0.15, 0.2) is 0 Å². The summed E-state index contributed by atoms with van der Waals surface area (Å²) in [5.41, 5.74) is 13.2. The lowest BCUT2D eigenvalue weighted by Gasteiger charge is -2.18. The quantitative estimate of drug-likeness (QED) is 0.0592. The highest BCUT2D eigenvalue weighted by Crippen LogP contribution is 2.44. The molecule has 116 heavy (non-hydrogen) atoms. The number of hydrogen-bond acceptors (Lipinski definition) is 19. The van der Waals surface area contributed by atoms with Crippen molar-refractivity contribution in [2.75, 3.05) is 45.5 Å². The summed E-state index contributed by atoms with van der Waals surface area (Å²) in [5, 5.41) is 6.55. The number of pyridine rings is 3. The molecule has 0 radical (unpaired) electrons. The van der Waals surface area contributed by atoms with Crippen molar-refractivity contribution in [1.82, 2.24) is 73.5 Å². The van der Waals surface area contributed by atoms with Crippen LogP contribution >= 0.6 is 0 Å². The summed E-state index contributed by atoms with van der Waals surface area (Å²) in [6.07, 6.45) is 11.0. The average molecular weight is 1550 g/mol. The normalized spacial score (nSPS) is 14.4. The van der Waals surface area contributed by atoms with Crippen LogP contribution in [0.1, 0.15) is 80.7 Å². The van der Waals surface area contributed by atoms with Gasteiger partial charge in [0.2, 0.25) is 23.6 Å². The molecule has 0 saturated carbocycles. The number of aromatic nitrogens is 15. The second-order valence-electron chi connectivity index (χ2n) is 28.0. The van der Waals surface area contributed by atoms with Crippen LogP contribution in [0.15, 0.2) is 243 Å². The fourth-order valence-corrected chi connectivity index (χ4v) is 14.9. The summed E-state index contributed by atoms with van der Waals surface area (Å²) in [6, 6.07) is 69.1. The topological polar surface area (TPSA) is 237 Å². The van der Waals surface area contributed by atoms with Gasteiger partial charge in [-0.2, -0.15) is 9.97 Å². The Labute approximate surface area is 666 Å². The monoisotopic (exact) mass is 1550 g/mol. The zero-order valence-corrected chi connectivity index (χ0v) is 63.8. The number of imidazole rings is 3. The molecule has 0 aliphatic carbocycles. The van der Waals surface area contributed by atoms with Gasteiger partial charge in [0, 0.05) is 95.4 Å². The van der Waals surface area contributed by atoms with E-state index in [2.05, 4.69) is 53.9 Å². The molecule has 9 aromatic heterocycles. The molecular weight excluding hydrogens is 1470 g/mol. The van der Waals surface area contributed by atoms with E-state index in [9.17, 15) is 13.2 Å². The highest BCUT2D eigenvalue weighted by Gasteiger charge is 2.35. The number of para-hydroxylation sites is 3. The van der Waals surface area contributed by atoms with E-state index in [1.54, 1.807) is 62.1 Å². The summed E-state index contributed by atoms with van der Waals surface area (Å²) in [4.78, 5) is 56.1. The van der Waals surface area contributed by atoms with Crippen molar-refractivity contribution in [3.8, 4) is 103 Å². The van der Waals surface area contributed by atoms with Gasteiger partial charge in [-0.1, -0.05) is 73.7 Å². The first-order chi connectivity index (χ1) is 57.0. The molecule has 0 spiro atoms. The molecule has 0 amide bonds. The standard InChI is InChI=1S/C34H29FN6O2.C29H26FN5O2.C28H24FN5O2/c1-42-27-14-6-22(7-15-27)20-37-34-36-19-18-29(39-34)33-32(24-8-11-25(35)12-9-24)40-30-16-13-26(41(30)33)21-43-31-17-10-23-4-2-3-5-28(23)38-31;1-2-17-36-29-31-16-15-24(33-29)28-27(20-7-10-21(30)11-8-20)34-25-13-12-22(35(25)28)18-37-26-14-9-19-5-3-4-6-23(19)32-26;1-2-35-28-30-16-15-23(32-28)27-26(19-7-10-20(29)11-8-19)33-24-13-12-21(34(24)27)17-36-25-14-9-18-5-3-4-6-22(18)31-25/h2-12,14-15,17-19,26H,13,16,20-21H2,1H3,(H,36,37,39);3-11,14-16,22H,2,12-13,17-18H2,1H3;3-11,14-16,21H,2,12-13,17H2,1H3. The number of fused-ring (bicyclic) bond motifs is 6. The maximum atomic E-state index is 13.8. The first kappa shape index (κ1) is 74.8. The number of ether oxygens (including phenoxy) is 6. The third-order valence-corrected chi connectivity index (χ3v) is 20.5. The van der Waals surface area contributed by atoms with Crippen molar-refractivity contribution < 1.29 is 41.6 Å². The molecule has 0 saturated heterocycles. The molecule has 1 N–H and O–H groups in total. The van der Waals surface area contributed by atoms with Crippen molar-refractivity contribution in [2.24, 2.45) is 0 Å². The first-order valence-corrected chi connectivity index (χ1v) is 38.7. The number of halogens is 3. The summed E-state index contributed by atoms with van der Waals surface area (Å²) in [7, 11) is 1.65. The molecule has 12 heterocycles. The molecule has 0 fully saturated rings. The lowest BCUT2D eigenvalue weighted by molar-refractivity contribution is 0.248. The molecule has 3 atom stereocenters. The molecule has 580 valence electrons. The van der Waals surface area contributed by atoms with Crippen LogP contribution in [0.4, 0.5) is 19.1 Å². The van der Waals surface area contributed by atoms with Crippen LogP contribution in [0.2, 0.25) is 0 Å². The third kappa shape index (κ3) is 16.5. The Bertz CT molecular complexity index is 6150. The van der Waals surface area contributed by atoms with Crippen molar-refractivity contribution >= 4 is 38.7 Å². The molecule has 16 aromatic rings. The second kappa shape index (κ2) is 34.2. The Balaban J connectivity index is 0.000000126. The van der Waals surface area contributed by atoms with E-state index < -0.39 is 0 Å². The number of nitrogens with one attached hydrogen (secondary N) is 1. The average Bonchev–Trinajstić information content (AvgIpc) is 1.62. The predicted octanol–water partition coefficient (Wildman–Crippen LogP) is 18.6. The lowest BCUT2D eigenvalue weighted by atomic mass is 10.1. The largest absolute Gasteiger partial charge is 0.497 e. The minimum atomic E-state index is -0.293. The van der Waals surface area contributed by atoms with E-state index in [4.69, 9.17) is 53.3 Å². The number of aryl methyl sites for hydroxylation is 3. The highest BCUT2D eigenvalue weighted by molar-refractivity contribution is 5.83. The molecule has 22 nitrogen and oxygen atoms in total. The SMILES string of the molecule is CCCOc1nccc(-c2c(-c3ccc(F)cc3)nc3n2C(COc2ccc4ccccc4n2)CC3)n1.CCOc1nccc(-c2c(-c3ccc(F)cc3)nc3n2C(COc2ccc4ccccc4n2)CC3)n1.COc1ccc(CNc2nccc(-c3c(-c4ccc(F)cc4)nc4n3C(COc3ccc5ccccc5n3)CC4)n2)cc1. The van der Waals surface area contributed by atoms with Gasteiger partial charge in [0.1, 0.15) is 60.5 Å². The van der Waals surface area contributed by atoms with Gasteiger partial charge in [0.25, 0.3) is 0 Å². The van der Waals surface area contributed by atoms with Crippen LogP contribution in [0.3, 0.4) is 0 Å². The lowest BCUT2D eigenvalue weighted by Crippen LogP contribution is -2.16. The summed E-state index contributed by atoms with van der Waals surface area (Å²) < 4.78 is 82.9. The molecule has 3 aliphatic rings.